The molecule has 1 aromatic carbocycles. The molecule has 2 aliphatic heterocycles. The molecule has 4 rings (SSSR count). The zero-order chi connectivity index (χ0) is 25.5. The van der Waals surface area contributed by atoms with Gasteiger partial charge in [0.15, 0.2) is 17.4 Å². The maximum Gasteiger partial charge on any atom is 0.225 e. The summed E-state index contributed by atoms with van der Waals surface area (Å²) < 4.78 is 46.6. The molecule has 2 fully saturated rings. The van der Waals surface area contributed by atoms with Gasteiger partial charge in [-0.3, -0.25) is 9.69 Å². The van der Waals surface area contributed by atoms with E-state index in [4.69, 9.17) is 10.5 Å². The summed E-state index contributed by atoms with van der Waals surface area (Å²) in [5, 5.41) is 0. The highest BCUT2D eigenvalue weighted by atomic mass is 19.1. The maximum atomic E-state index is 13.9. The first-order chi connectivity index (χ1) is 16.8. The van der Waals surface area contributed by atoms with Crippen LogP contribution in [0.25, 0.3) is 0 Å². The normalized spacial score (nSPS) is 21.3. The summed E-state index contributed by atoms with van der Waals surface area (Å²) in [5.41, 5.74) is 6.51. The van der Waals surface area contributed by atoms with E-state index in [9.17, 15) is 18.0 Å². The first-order valence-electron chi connectivity index (χ1n) is 12.2. The molecule has 2 aromatic rings. The first kappa shape index (κ1) is 26.7. The Kier molecular flexibility index (Phi) is 9.31. The van der Waals surface area contributed by atoms with Gasteiger partial charge in [0, 0.05) is 68.0 Å². The van der Waals surface area contributed by atoms with Crippen molar-refractivity contribution in [3.8, 4) is 5.75 Å². The minimum Gasteiger partial charge on any atom is -0.484 e. The fraction of sp³-hybridized carbons (Fsp3) is 0.560. The van der Waals surface area contributed by atoms with Crippen LogP contribution in [0, 0.1) is 29.3 Å². The molecule has 2 N–H and O–H groups in total. The minimum atomic E-state index is -1.06. The summed E-state index contributed by atoms with van der Waals surface area (Å²) in [7, 11) is 0. The van der Waals surface area contributed by atoms with Crippen LogP contribution < -0.4 is 10.5 Å². The van der Waals surface area contributed by atoms with Gasteiger partial charge in [0.05, 0.1) is 0 Å². The number of hydrogen-bond donors (Lipinski definition) is 1. The number of aromatic nitrogens is 2. The van der Waals surface area contributed by atoms with Gasteiger partial charge in [0.2, 0.25) is 11.9 Å². The van der Waals surface area contributed by atoms with Gasteiger partial charge in [-0.15, -0.1) is 0 Å². The second-order valence-electron chi connectivity index (χ2n) is 8.91. The molecule has 7 nitrogen and oxygen atoms in total. The Labute approximate surface area is 204 Å². The molecule has 0 aliphatic carbocycles. The summed E-state index contributed by atoms with van der Waals surface area (Å²) in [6.07, 6.45) is 4.98. The number of benzene rings is 1. The summed E-state index contributed by atoms with van der Waals surface area (Å²) in [6.45, 7) is 9.13. The van der Waals surface area contributed by atoms with Crippen molar-refractivity contribution in [1.82, 2.24) is 19.8 Å². The fourth-order valence-electron chi connectivity index (χ4n) is 4.59. The predicted molar refractivity (Wildman–Crippen MR) is 127 cm³/mol. The Bertz CT molecular complexity index is 961. The third-order valence-corrected chi connectivity index (χ3v) is 6.44. The van der Waals surface area contributed by atoms with Crippen LogP contribution >= 0.6 is 0 Å². The number of nitrogens with two attached hydrogens (primary N) is 1. The number of amides is 1. The molecule has 35 heavy (non-hydrogen) atoms. The van der Waals surface area contributed by atoms with Crippen molar-refractivity contribution >= 4 is 11.9 Å². The second kappa shape index (κ2) is 12.2. The Morgan fingerprint density at radius 1 is 1.06 bits per heavy atom. The zero-order valence-electron chi connectivity index (χ0n) is 20.5. The van der Waals surface area contributed by atoms with Crippen molar-refractivity contribution in [1.29, 1.82) is 0 Å². The van der Waals surface area contributed by atoms with E-state index in [0.29, 0.717) is 31.6 Å². The maximum absolute atomic E-state index is 13.9. The molecule has 0 bridgehead atoms. The standard InChI is InChI=1S/C23H28F3N5O2.C2H6/c1-14-12-31(7-4-20(14)33-21-18(25)8-17(24)9-19(21)26)22(32)16-2-5-30(6-3-16)13-15-10-28-23(27)29-11-15;1-2/h8-11,14,16,20H,2-7,12-13H2,1H3,(H2,27,28,29);1-2H3. The van der Waals surface area contributed by atoms with Crippen LogP contribution in [-0.4, -0.2) is 58.0 Å². The number of carbonyl (C=O) groups excluding carboxylic acids is 1. The highest BCUT2D eigenvalue weighted by Gasteiger charge is 2.35. The number of likely N-dealkylation sites (tertiary alicyclic amines) is 2. The van der Waals surface area contributed by atoms with E-state index in [-0.39, 0.29) is 23.7 Å². The molecule has 0 radical (unpaired) electrons. The molecule has 1 amide bonds. The monoisotopic (exact) mass is 493 g/mol. The largest absolute Gasteiger partial charge is 0.484 e. The second-order valence-corrected chi connectivity index (χ2v) is 8.91. The molecule has 3 heterocycles. The molecule has 1 aromatic heterocycles. The van der Waals surface area contributed by atoms with E-state index in [2.05, 4.69) is 14.9 Å². The van der Waals surface area contributed by atoms with Crippen LogP contribution in [0.4, 0.5) is 19.1 Å². The van der Waals surface area contributed by atoms with Crippen LogP contribution in [0.5, 0.6) is 5.75 Å². The number of ether oxygens (including phenoxy) is 1. The number of nitrogens with zero attached hydrogens (tertiary/aromatic N) is 4. The van der Waals surface area contributed by atoms with E-state index in [1.807, 2.05) is 25.7 Å². The average molecular weight is 494 g/mol. The molecule has 2 atom stereocenters. The molecule has 0 saturated carbocycles. The van der Waals surface area contributed by atoms with Crippen molar-refractivity contribution in [2.75, 3.05) is 31.9 Å². The van der Waals surface area contributed by atoms with Gasteiger partial charge in [-0.2, -0.15) is 0 Å². The molecule has 2 unspecified atom stereocenters. The van der Waals surface area contributed by atoms with Gasteiger partial charge in [-0.1, -0.05) is 20.8 Å². The summed E-state index contributed by atoms with van der Waals surface area (Å²) >= 11 is 0. The molecule has 192 valence electrons. The number of piperidine rings is 2. The molecule has 2 aliphatic rings. The van der Waals surface area contributed by atoms with Crippen molar-refractivity contribution in [3.63, 3.8) is 0 Å². The Hall–Kier alpha value is -2.88. The SMILES string of the molecule is CC.CC1CN(C(=O)C2CCN(Cc3cnc(N)nc3)CC2)CCC1Oc1c(F)cc(F)cc1F. The number of rotatable bonds is 5. The summed E-state index contributed by atoms with van der Waals surface area (Å²) in [4.78, 5) is 25.2. The van der Waals surface area contributed by atoms with Gasteiger partial charge in [0.1, 0.15) is 11.9 Å². The van der Waals surface area contributed by atoms with Crippen molar-refractivity contribution in [2.45, 2.75) is 52.7 Å². The van der Waals surface area contributed by atoms with Crippen LogP contribution in [0.1, 0.15) is 45.6 Å². The summed E-state index contributed by atoms with van der Waals surface area (Å²) in [6, 6.07) is 1.21. The Morgan fingerprint density at radius 2 is 1.66 bits per heavy atom. The number of hydrogen-bond acceptors (Lipinski definition) is 6. The third kappa shape index (κ3) is 6.84. The van der Waals surface area contributed by atoms with Crippen LogP contribution in [-0.2, 0) is 11.3 Å². The van der Waals surface area contributed by atoms with Gasteiger partial charge < -0.3 is 15.4 Å². The lowest BCUT2D eigenvalue weighted by Gasteiger charge is -2.40. The summed E-state index contributed by atoms with van der Waals surface area (Å²) in [5.74, 6) is -3.46. The zero-order valence-corrected chi connectivity index (χ0v) is 20.5. The van der Waals surface area contributed by atoms with E-state index in [1.54, 1.807) is 12.4 Å². The molecule has 2 saturated heterocycles. The van der Waals surface area contributed by atoms with Gasteiger partial charge in [0.25, 0.3) is 0 Å². The lowest BCUT2D eigenvalue weighted by Crippen LogP contribution is -2.50. The lowest BCUT2D eigenvalue weighted by atomic mass is 9.91. The Balaban J connectivity index is 0.00000167. The Morgan fingerprint density at radius 3 is 2.23 bits per heavy atom. The van der Waals surface area contributed by atoms with Gasteiger partial charge in [-0.05, 0) is 25.9 Å². The topological polar surface area (TPSA) is 84.6 Å². The molecular formula is C25H34F3N5O2. The molecular weight excluding hydrogens is 459 g/mol. The van der Waals surface area contributed by atoms with Crippen molar-refractivity contribution in [2.24, 2.45) is 11.8 Å². The number of halogens is 3. The smallest absolute Gasteiger partial charge is 0.225 e. The third-order valence-electron chi connectivity index (χ3n) is 6.44. The van der Waals surface area contributed by atoms with Crippen LogP contribution in [0.15, 0.2) is 24.5 Å². The van der Waals surface area contributed by atoms with E-state index in [0.717, 1.165) is 38.0 Å². The van der Waals surface area contributed by atoms with E-state index >= 15 is 0 Å². The lowest BCUT2D eigenvalue weighted by molar-refractivity contribution is -0.140. The minimum absolute atomic E-state index is 0.0411. The van der Waals surface area contributed by atoms with Gasteiger partial charge >= 0.3 is 0 Å². The van der Waals surface area contributed by atoms with Crippen LogP contribution in [0.3, 0.4) is 0 Å². The van der Waals surface area contributed by atoms with Gasteiger partial charge in [-0.25, -0.2) is 23.1 Å². The fourth-order valence-corrected chi connectivity index (χ4v) is 4.59. The number of carbonyl (C=O) groups is 1. The average Bonchev–Trinajstić information content (AvgIpc) is 2.85. The van der Waals surface area contributed by atoms with Crippen LogP contribution in [0.2, 0.25) is 0 Å². The van der Waals surface area contributed by atoms with E-state index in [1.165, 1.54) is 0 Å². The number of nitrogen functional groups attached to an aromatic ring is 1. The quantitative estimate of drug-likeness (QED) is 0.677. The van der Waals surface area contributed by atoms with Crippen molar-refractivity contribution < 1.29 is 22.7 Å². The molecule has 10 heteroatoms. The number of anilines is 1. The van der Waals surface area contributed by atoms with Crippen molar-refractivity contribution in [3.05, 3.63) is 47.5 Å². The molecule has 0 spiro atoms. The highest BCUT2D eigenvalue weighted by molar-refractivity contribution is 5.79. The highest BCUT2D eigenvalue weighted by Crippen LogP contribution is 2.30. The first-order valence-corrected chi connectivity index (χ1v) is 12.2. The van der Waals surface area contributed by atoms with E-state index < -0.39 is 29.3 Å². The predicted octanol–water partition coefficient (Wildman–Crippen LogP) is 4.03.